The number of rotatable bonds is 2. The van der Waals surface area contributed by atoms with E-state index in [1.807, 2.05) is 24.3 Å². The molecule has 0 aliphatic heterocycles. The maximum absolute atomic E-state index is 12.5. The summed E-state index contributed by atoms with van der Waals surface area (Å²) in [6.07, 6.45) is 5.71. The molecule has 4 rings (SSSR count). The molecule has 23 heavy (non-hydrogen) atoms. The Labute approximate surface area is 148 Å². The number of halogens is 2. The zero-order chi connectivity index (χ0) is 15.1. The predicted molar refractivity (Wildman–Crippen MR) is 95.9 cm³/mol. The van der Waals surface area contributed by atoms with E-state index in [2.05, 4.69) is 15.1 Å². The van der Waals surface area contributed by atoms with Gasteiger partial charge in [0.2, 0.25) is 5.95 Å². The van der Waals surface area contributed by atoms with Crippen molar-refractivity contribution in [2.45, 2.75) is 25.7 Å². The molecule has 0 radical (unpaired) electrons. The number of fused-ring (bicyclic) bond motifs is 1. The second-order valence-electron chi connectivity index (χ2n) is 5.54. The molecular formula is C16H16BrClN4O. The molecule has 1 aliphatic carbocycles. The highest BCUT2D eigenvalue weighted by atomic mass is 79.9. The third kappa shape index (κ3) is 2.88. The van der Waals surface area contributed by atoms with Crippen molar-refractivity contribution in [1.29, 1.82) is 0 Å². The normalized spacial score (nSPS) is 13.4. The first-order chi connectivity index (χ1) is 10.7. The van der Waals surface area contributed by atoms with E-state index in [0.717, 1.165) is 48.2 Å². The molecule has 2 heterocycles. The first-order valence-electron chi connectivity index (χ1n) is 7.36. The maximum atomic E-state index is 12.5. The van der Waals surface area contributed by atoms with Gasteiger partial charge in [-0.15, -0.1) is 17.0 Å². The minimum absolute atomic E-state index is 0. The molecule has 7 heteroatoms. The standard InChI is InChI=1S/C16H15ClN4O.BrH/c17-11-7-5-10(6-8-11)14-9-18-16(19-14)21-15(22)12-3-1-2-4-13(12)20-21;/h5-9,20H,1-4H2,(H,18,19);1H. The fourth-order valence-electron chi connectivity index (χ4n) is 2.94. The molecule has 2 aromatic heterocycles. The molecule has 3 aromatic rings. The number of benzene rings is 1. The van der Waals surface area contributed by atoms with E-state index < -0.39 is 0 Å². The maximum Gasteiger partial charge on any atom is 0.277 e. The zero-order valence-corrected chi connectivity index (χ0v) is 14.8. The van der Waals surface area contributed by atoms with Gasteiger partial charge in [0, 0.05) is 16.3 Å². The van der Waals surface area contributed by atoms with Gasteiger partial charge >= 0.3 is 0 Å². The predicted octanol–water partition coefficient (Wildman–Crippen LogP) is 3.67. The molecule has 1 aliphatic rings. The van der Waals surface area contributed by atoms with Gasteiger partial charge in [0.05, 0.1) is 11.9 Å². The summed E-state index contributed by atoms with van der Waals surface area (Å²) < 4.78 is 1.51. The Bertz CT molecular complexity index is 878. The van der Waals surface area contributed by atoms with Crippen LogP contribution in [-0.4, -0.2) is 19.7 Å². The lowest BCUT2D eigenvalue weighted by atomic mass is 9.98. The molecule has 5 nitrogen and oxygen atoms in total. The van der Waals surface area contributed by atoms with Gasteiger partial charge in [-0.25, -0.2) is 4.98 Å². The second-order valence-corrected chi connectivity index (χ2v) is 5.98. The van der Waals surface area contributed by atoms with Crippen molar-refractivity contribution in [3.63, 3.8) is 0 Å². The van der Waals surface area contributed by atoms with E-state index in [9.17, 15) is 4.79 Å². The summed E-state index contributed by atoms with van der Waals surface area (Å²) in [4.78, 5) is 20.0. The number of hydrogen-bond donors (Lipinski definition) is 2. The van der Waals surface area contributed by atoms with Gasteiger partial charge in [-0.3, -0.25) is 9.89 Å². The Morgan fingerprint density at radius 3 is 2.61 bits per heavy atom. The van der Waals surface area contributed by atoms with Crippen molar-refractivity contribution in [2.24, 2.45) is 0 Å². The molecule has 0 amide bonds. The monoisotopic (exact) mass is 394 g/mol. The third-order valence-electron chi connectivity index (χ3n) is 4.11. The number of hydrogen-bond acceptors (Lipinski definition) is 2. The lowest BCUT2D eigenvalue weighted by Crippen LogP contribution is -2.19. The van der Waals surface area contributed by atoms with Crippen LogP contribution in [-0.2, 0) is 12.8 Å². The minimum atomic E-state index is 0. The van der Waals surface area contributed by atoms with E-state index in [-0.39, 0.29) is 22.5 Å². The second kappa shape index (κ2) is 6.37. The largest absolute Gasteiger partial charge is 0.322 e. The third-order valence-corrected chi connectivity index (χ3v) is 4.36. The summed E-state index contributed by atoms with van der Waals surface area (Å²) in [7, 11) is 0. The smallest absolute Gasteiger partial charge is 0.277 e. The number of aryl methyl sites for hydroxylation is 1. The number of aromatic amines is 2. The molecule has 0 saturated heterocycles. The van der Waals surface area contributed by atoms with E-state index in [1.165, 1.54) is 4.68 Å². The molecule has 0 saturated carbocycles. The van der Waals surface area contributed by atoms with Crippen molar-refractivity contribution in [3.05, 3.63) is 57.1 Å². The molecule has 0 bridgehead atoms. The van der Waals surface area contributed by atoms with Crippen molar-refractivity contribution < 1.29 is 0 Å². The van der Waals surface area contributed by atoms with Gasteiger partial charge in [0.15, 0.2) is 0 Å². The van der Waals surface area contributed by atoms with Gasteiger partial charge < -0.3 is 4.98 Å². The summed E-state index contributed by atoms with van der Waals surface area (Å²) in [5, 5.41) is 3.87. The lowest BCUT2D eigenvalue weighted by molar-refractivity contribution is 0.669. The van der Waals surface area contributed by atoms with E-state index in [4.69, 9.17) is 11.6 Å². The van der Waals surface area contributed by atoms with Gasteiger partial charge in [-0.2, -0.15) is 4.68 Å². The highest BCUT2D eigenvalue weighted by Gasteiger charge is 2.19. The summed E-state index contributed by atoms with van der Waals surface area (Å²) in [6, 6.07) is 7.50. The number of H-pyrrole nitrogens is 2. The van der Waals surface area contributed by atoms with Crippen LogP contribution in [0.25, 0.3) is 17.2 Å². The summed E-state index contributed by atoms with van der Waals surface area (Å²) in [6.45, 7) is 0. The average Bonchev–Trinajstić information content (AvgIpc) is 3.14. The topological polar surface area (TPSA) is 66.5 Å². The van der Waals surface area contributed by atoms with E-state index in [0.29, 0.717) is 11.0 Å². The van der Waals surface area contributed by atoms with Crippen LogP contribution in [0.2, 0.25) is 5.02 Å². The highest BCUT2D eigenvalue weighted by molar-refractivity contribution is 8.93. The zero-order valence-electron chi connectivity index (χ0n) is 12.3. The van der Waals surface area contributed by atoms with Gasteiger partial charge in [0.25, 0.3) is 5.56 Å². The highest BCUT2D eigenvalue weighted by Crippen LogP contribution is 2.21. The van der Waals surface area contributed by atoms with Crippen molar-refractivity contribution in [1.82, 2.24) is 19.7 Å². The molecule has 1 aromatic carbocycles. The molecule has 2 N–H and O–H groups in total. The Morgan fingerprint density at radius 1 is 1.13 bits per heavy atom. The van der Waals surface area contributed by atoms with Crippen LogP contribution in [0.15, 0.2) is 35.3 Å². The fourth-order valence-corrected chi connectivity index (χ4v) is 3.06. The molecular weight excluding hydrogens is 380 g/mol. The van der Waals surface area contributed by atoms with Crippen LogP contribution in [0.3, 0.4) is 0 Å². The Kier molecular flexibility index (Phi) is 4.46. The van der Waals surface area contributed by atoms with Gasteiger partial charge in [0.1, 0.15) is 0 Å². The Morgan fingerprint density at radius 2 is 1.87 bits per heavy atom. The van der Waals surface area contributed by atoms with E-state index in [1.54, 1.807) is 6.20 Å². The molecule has 0 spiro atoms. The van der Waals surface area contributed by atoms with Crippen LogP contribution < -0.4 is 5.56 Å². The fraction of sp³-hybridized carbons (Fsp3) is 0.250. The van der Waals surface area contributed by atoms with Gasteiger partial charge in [-0.05, 0) is 43.4 Å². The number of nitrogens with one attached hydrogen (secondary N) is 2. The number of nitrogens with zero attached hydrogens (tertiary/aromatic N) is 2. The van der Waals surface area contributed by atoms with Crippen molar-refractivity contribution in [2.75, 3.05) is 0 Å². The Balaban J connectivity index is 0.00000156. The van der Waals surface area contributed by atoms with Crippen molar-refractivity contribution >= 4 is 28.6 Å². The SMILES string of the molecule is Br.O=c1c2c([nH]n1-c1ncc(-c3ccc(Cl)cc3)[nH]1)CCCC2. The van der Waals surface area contributed by atoms with Crippen LogP contribution in [0, 0.1) is 0 Å². The summed E-state index contributed by atoms with van der Waals surface area (Å²) in [5.74, 6) is 0.518. The first kappa shape index (κ1) is 16.1. The van der Waals surface area contributed by atoms with Gasteiger partial charge in [-0.1, -0.05) is 23.7 Å². The van der Waals surface area contributed by atoms with Crippen molar-refractivity contribution in [3.8, 4) is 17.2 Å². The number of aromatic nitrogens is 4. The summed E-state index contributed by atoms with van der Waals surface area (Å²) in [5.41, 5.74) is 3.78. The van der Waals surface area contributed by atoms with E-state index >= 15 is 0 Å². The molecule has 0 fully saturated rings. The molecule has 0 atom stereocenters. The van der Waals surface area contributed by atoms with Crippen LogP contribution >= 0.6 is 28.6 Å². The summed E-state index contributed by atoms with van der Waals surface area (Å²) >= 11 is 5.90. The first-order valence-corrected chi connectivity index (χ1v) is 7.74. The van der Waals surface area contributed by atoms with Crippen LogP contribution in [0.4, 0.5) is 0 Å². The average molecular weight is 396 g/mol. The minimum Gasteiger partial charge on any atom is -0.322 e. The molecule has 0 unspecified atom stereocenters. The quantitative estimate of drug-likeness (QED) is 0.695. The number of imidazole rings is 1. The van der Waals surface area contributed by atoms with Crippen LogP contribution in [0.5, 0.6) is 0 Å². The molecule has 120 valence electrons. The lowest BCUT2D eigenvalue weighted by Gasteiger charge is -2.07. The van der Waals surface area contributed by atoms with Crippen LogP contribution in [0.1, 0.15) is 24.1 Å². The Hall–Kier alpha value is -1.79.